The first-order chi connectivity index (χ1) is 31.9. The summed E-state index contributed by atoms with van der Waals surface area (Å²) in [4.78, 5) is 25.7. The van der Waals surface area contributed by atoms with E-state index in [1.54, 1.807) is 25.1 Å². The lowest BCUT2D eigenvalue weighted by Gasteiger charge is -2.37. The van der Waals surface area contributed by atoms with Gasteiger partial charge in [0.05, 0.1) is 46.3 Å². The number of anilines is 1. The molecule has 7 atom stereocenters. The van der Waals surface area contributed by atoms with E-state index in [0.29, 0.717) is 22.7 Å². The van der Waals surface area contributed by atoms with Gasteiger partial charge in [-0.2, -0.15) is 5.26 Å². The Morgan fingerprint density at radius 1 is 0.892 bits per heavy atom. The fraction of sp³-hybridized carbons (Fsp3) is 0.354. The van der Waals surface area contributed by atoms with Crippen molar-refractivity contribution in [1.82, 2.24) is 24.2 Å². The van der Waals surface area contributed by atoms with Crippen LogP contribution in [0.5, 0.6) is 11.5 Å². The lowest BCUT2D eigenvalue weighted by Crippen LogP contribution is -2.41. The van der Waals surface area contributed by atoms with Crippen LogP contribution in [0, 0.1) is 11.3 Å². The summed E-state index contributed by atoms with van der Waals surface area (Å²) in [5.41, 5.74) is 3.23. The monoisotopic (exact) mass is 899 g/mol. The van der Waals surface area contributed by atoms with Crippen molar-refractivity contribution in [2.75, 3.05) is 46.1 Å². The van der Waals surface area contributed by atoms with Crippen LogP contribution in [0.25, 0.3) is 11.2 Å². The Morgan fingerprint density at radius 3 is 2.23 bits per heavy atom. The molecule has 16 nitrogen and oxygen atoms in total. The molecular formula is C48H50N7O9P. The number of benzene rings is 4. The Bertz CT molecular complexity index is 2520. The number of ether oxygens (including phenoxy) is 6. The third-order valence-electron chi connectivity index (χ3n) is 11.9. The molecule has 2 aromatic heterocycles. The Kier molecular flexibility index (Phi) is 13.7. The quantitative estimate of drug-likeness (QED) is 0.0383. The number of nitriles is 1. The van der Waals surface area contributed by atoms with Gasteiger partial charge in [-0.3, -0.25) is 9.36 Å². The fourth-order valence-electron chi connectivity index (χ4n) is 8.88. The molecule has 6 aromatic rings. The number of methoxy groups -OCH3 is 2. The number of hydrogen-bond donors (Lipinski definition) is 1. The molecule has 3 aliphatic rings. The predicted molar refractivity (Wildman–Crippen MR) is 240 cm³/mol. The molecule has 1 amide bonds. The average Bonchev–Trinajstić information content (AvgIpc) is 4.15. The van der Waals surface area contributed by atoms with Gasteiger partial charge in [0.25, 0.3) is 8.53 Å². The van der Waals surface area contributed by atoms with E-state index < -0.39 is 38.7 Å². The summed E-state index contributed by atoms with van der Waals surface area (Å²) in [6.45, 7) is 2.21. The van der Waals surface area contributed by atoms with Gasteiger partial charge in [0.1, 0.15) is 54.6 Å². The van der Waals surface area contributed by atoms with E-state index in [1.165, 1.54) is 13.3 Å². The van der Waals surface area contributed by atoms with Crippen molar-refractivity contribution >= 4 is 31.4 Å². The average molecular weight is 900 g/mol. The van der Waals surface area contributed by atoms with E-state index in [-0.39, 0.29) is 50.3 Å². The topological polar surface area (TPSA) is 174 Å². The highest BCUT2D eigenvalue weighted by atomic mass is 31.2. The van der Waals surface area contributed by atoms with Gasteiger partial charge >= 0.3 is 0 Å². The predicted octanol–water partition coefficient (Wildman–Crippen LogP) is 7.83. The summed E-state index contributed by atoms with van der Waals surface area (Å²) < 4.78 is 56.6. The molecule has 3 saturated heterocycles. The Hall–Kier alpha value is -5.86. The normalized spacial score (nSPS) is 23.0. The molecule has 5 heterocycles. The van der Waals surface area contributed by atoms with Crippen molar-refractivity contribution in [2.45, 2.75) is 68.5 Å². The minimum absolute atomic E-state index is 0.00323. The number of carbonyl (C=O) groups excluding carboxylic acids is 1. The van der Waals surface area contributed by atoms with Crippen LogP contribution in [0.1, 0.15) is 60.8 Å². The highest BCUT2D eigenvalue weighted by Gasteiger charge is 2.55. The molecule has 0 spiro atoms. The second kappa shape index (κ2) is 20.1. The summed E-state index contributed by atoms with van der Waals surface area (Å²) in [6, 6.07) is 38.2. The second-order valence-corrected chi connectivity index (χ2v) is 17.2. The van der Waals surface area contributed by atoms with Gasteiger partial charge in [-0.15, -0.1) is 0 Å². The molecule has 0 saturated carbocycles. The molecule has 3 aliphatic heterocycles. The van der Waals surface area contributed by atoms with E-state index in [0.717, 1.165) is 41.6 Å². The van der Waals surface area contributed by atoms with Crippen molar-refractivity contribution < 1.29 is 42.3 Å². The first-order valence-electron chi connectivity index (χ1n) is 21.5. The Labute approximate surface area is 378 Å². The minimum atomic E-state index is -1.64. The molecule has 3 fully saturated rings. The van der Waals surface area contributed by atoms with Crippen molar-refractivity contribution in [3.8, 4) is 17.6 Å². The molecule has 9 rings (SSSR count). The second-order valence-electron chi connectivity index (χ2n) is 15.8. The first-order valence-corrected chi connectivity index (χ1v) is 22.7. The maximum absolute atomic E-state index is 12.2. The third-order valence-corrected chi connectivity index (χ3v) is 13.7. The van der Waals surface area contributed by atoms with Crippen molar-refractivity contribution in [3.05, 3.63) is 144 Å². The molecule has 0 aliphatic carbocycles. The zero-order valence-electron chi connectivity index (χ0n) is 36.3. The number of hydrogen-bond acceptors (Lipinski definition) is 14. The van der Waals surface area contributed by atoms with Gasteiger partial charge in [-0.1, -0.05) is 84.9 Å². The summed E-state index contributed by atoms with van der Waals surface area (Å²) in [5.74, 6) is 1.35. The van der Waals surface area contributed by atoms with Crippen LogP contribution >= 0.6 is 8.53 Å². The molecule has 17 heteroatoms. The molecule has 336 valence electrons. The smallest absolute Gasteiger partial charge is 0.260 e. The van der Waals surface area contributed by atoms with Crippen LogP contribution in [0.15, 0.2) is 122 Å². The van der Waals surface area contributed by atoms with Crippen LogP contribution in [-0.4, -0.2) is 95.2 Å². The molecule has 1 N–H and O–H groups in total. The fourth-order valence-corrected chi connectivity index (χ4v) is 10.9. The molecule has 65 heavy (non-hydrogen) atoms. The first kappa shape index (κ1) is 44.3. The van der Waals surface area contributed by atoms with Crippen LogP contribution < -0.4 is 14.8 Å². The Balaban J connectivity index is 1.15. The SMILES string of the molecule is COc1ccc(C(OC[C@H]2O[C@@H](n3cnc4c(NC(C)=O)ncnc43)[C@H](OCOCCC#N)[C@@H]2OP2O[C@@H](c3ccccc3)[C@H]3CCCN32)(c2ccccc2)c2ccc(OC)cc2)cc1. The van der Waals surface area contributed by atoms with Gasteiger partial charge in [0, 0.05) is 19.5 Å². The third kappa shape index (κ3) is 9.07. The van der Waals surface area contributed by atoms with Crippen LogP contribution in [0.2, 0.25) is 0 Å². The number of nitrogens with one attached hydrogen (secondary N) is 1. The number of nitrogens with zero attached hydrogens (tertiary/aromatic N) is 6. The molecule has 0 bridgehead atoms. The number of rotatable bonds is 18. The minimum Gasteiger partial charge on any atom is -0.497 e. The highest BCUT2D eigenvalue weighted by Crippen LogP contribution is 2.62. The standard InChI is InChI=1S/C48H50N7O9P/c1-32(56)53-45-41-46(51-29-50-45)54(30-52-41)47-44(60-31-59-27-11-25-49)43(64-65-55-26-10-16-39(55)42(63-65)33-12-6-4-7-13-33)40(62-47)28-61-48(34-14-8-5-9-15-34,35-17-21-37(57-2)22-18-35)36-19-23-38(58-3)24-20-36/h4-9,12-15,17-24,29-30,39-40,42-44,47H,10-11,16,26-28,31H2,1-3H3,(H,50,51,53,56)/t39-,40-,42+,43-,44-,47-,65?/m1/s1. The maximum Gasteiger partial charge on any atom is 0.260 e. The zero-order valence-corrected chi connectivity index (χ0v) is 37.2. The number of fused-ring (bicyclic) bond motifs is 2. The summed E-state index contributed by atoms with van der Waals surface area (Å²) in [6.07, 6.45) is 1.57. The van der Waals surface area contributed by atoms with E-state index in [9.17, 15) is 10.1 Å². The van der Waals surface area contributed by atoms with Gasteiger partial charge < -0.3 is 42.8 Å². The lowest BCUT2D eigenvalue weighted by molar-refractivity contribution is -0.136. The van der Waals surface area contributed by atoms with E-state index >= 15 is 0 Å². The highest BCUT2D eigenvalue weighted by molar-refractivity contribution is 7.45. The van der Waals surface area contributed by atoms with Gasteiger partial charge in [0.15, 0.2) is 23.2 Å². The van der Waals surface area contributed by atoms with E-state index in [1.807, 2.05) is 97.1 Å². The van der Waals surface area contributed by atoms with Gasteiger partial charge in [0.2, 0.25) is 5.91 Å². The molecule has 4 aromatic carbocycles. The zero-order chi connectivity index (χ0) is 44.8. The number of imidazole rings is 1. The van der Waals surface area contributed by atoms with Crippen LogP contribution in [0.4, 0.5) is 5.82 Å². The number of amides is 1. The van der Waals surface area contributed by atoms with Crippen molar-refractivity contribution in [2.24, 2.45) is 0 Å². The van der Waals surface area contributed by atoms with Crippen LogP contribution in [0.3, 0.4) is 0 Å². The Morgan fingerprint density at radius 2 is 1.57 bits per heavy atom. The van der Waals surface area contributed by atoms with Crippen molar-refractivity contribution in [1.29, 1.82) is 5.26 Å². The van der Waals surface area contributed by atoms with Gasteiger partial charge in [-0.05, 0) is 59.4 Å². The maximum atomic E-state index is 12.2. The molecule has 0 radical (unpaired) electrons. The molecular weight excluding hydrogens is 850 g/mol. The number of carbonyl (C=O) groups is 1. The number of aromatic nitrogens is 4. The van der Waals surface area contributed by atoms with Crippen molar-refractivity contribution in [3.63, 3.8) is 0 Å². The van der Waals surface area contributed by atoms with Gasteiger partial charge in [-0.25, -0.2) is 19.6 Å². The summed E-state index contributed by atoms with van der Waals surface area (Å²) >= 11 is 0. The lowest BCUT2D eigenvalue weighted by atomic mass is 9.80. The van der Waals surface area contributed by atoms with E-state index in [2.05, 4.69) is 43.1 Å². The summed E-state index contributed by atoms with van der Waals surface area (Å²) in [7, 11) is 1.64. The van der Waals surface area contributed by atoms with Crippen LogP contribution in [-0.2, 0) is 38.4 Å². The molecule has 1 unspecified atom stereocenters. The largest absolute Gasteiger partial charge is 0.497 e. The van der Waals surface area contributed by atoms with E-state index in [4.69, 9.17) is 37.5 Å². The summed E-state index contributed by atoms with van der Waals surface area (Å²) in [5, 5.41) is 12.0.